The van der Waals surface area contributed by atoms with Crippen molar-refractivity contribution in [1.29, 1.82) is 0 Å². The molecule has 0 radical (unpaired) electrons. The van der Waals surface area contributed by atoms with Crippen molar-refractivity contribution in [2.75, 3.05) is 18.6 Å². The molecule has 1 amide bonds. The van der Waals surface area contributed by atoms with Gasteiger partial charge >= 0.3 is 8.25 Å². The summed E-state index contributed by atoms with van der Waals surface area (Å²) in [5.41, 5.74) is 0.712. The summed E-state index contributed by atoms with van der Waals surface area (Å²) in [4.78, 5) is 21.2. The number of rotatable bonds is 4. The molecule has 82 valence electrons. The minimum Gasteiger partial charge on any atom is -0.326 e. The quantitative estimate of drug-likeness (QED) is 0.783. The first-order chi connectivity index (χ1) is 7.11. The monoisotopic (exact) mass is 229 g/mol. The molecular formula is C9H12NO4P. The zero-order valence-corrected chi connectivity index (χ0v) is 9.21. The molecule has 0 aromatic heterocycles. The Kier molecular flexibility index (Phi) is 4.49. The van der Waals surface area contributed by atoms with Gasteiger partial charge in [-0.05, 0) is 12.1 Å². The molecule has 0 heterocycles. The molecular weight excluding hydrogens is 217 g/mol. The van der Waals surface area contributed by atoms with E-state index in [2.05, 4.69) is 4.52 Å². The van der Waals surface area contributed by atoms with E-state index in [4.69, 9.17) is 4.89 Å². The van der Waals surface area contributed by atoms with Gasteiger partial charge in [-0.2, -0.15) is 0 Å². The van der Waals surface area contributed by atoms with Crippen LogP contribution in [0.25, 0.3) is 0 Å². The van der Waals surface area contributed by atoms with Crippen molar-refractivity contribution in [1.82, 2.24) is 0 Å². The summed E-state index contributed by atoms with van der Waals surface area (Å²) in [5, 5.41) is 0. The van der Waals surface area contributed by atoms with E-state index in [-0.39, 0.29) is 12.5 Å². The summed E-state index contributed by atoms with van der Waals surface area (Å²) >= 11 is 0. The van der Waals surface area contributed by atoms with Crippen LogP contribution in [0.1, 0.15) is 0 Å². The molecule has 1 aromatic rings. The fourth-order valence-electron chi connectivity index (χ4n) is 1.02. The van der Waals surface area contributed by atoms with Crippen LogP contribution in [0.4, 0.5) is 5.69 Å². The lowest BCUT2D eigenvalue weighted by atomic mass is 10.3. The molecule has 1 unspecified atom stereocenters. The number of nitrogens with zero attached hydrogens (tertiary/aromatic N) is 1. The van der Waals surface area contributed by atoms with Crippen molar-refractivity contribution in [3.05, 3.63) is 30.3 Å². The van der Waals surface area contributed by atoms with Crippen LogP contribution in [0.15, 0.2) is 30.3 Å². The zero-order chi connectivity index (χ0) is 11.3. The van der Waals surface area contributed by atoms with Crippen LogP contribution in [0, 0.1) is 0 Å². The summed E-state index contributed by atoms with van der Waals surface area (Å²) in [6.07, 6.45) is 0. The van der Waals surface area contributed by atoms with Crippen LogP contribution < -0.4 is 4.90 Å². The lowest BCUT2D eigenvalue weighted by molar-refractivity contribution is -0.120. The van der Waals surface area contributed by atoms with Gasteiger partial charge in [0.05, 0.1) is 0 Å². The molecule has 15 heavy (non-hydrogen) atoms. The Labute approximate surface area is 88.2 Å². The first kappa shape index (κ1) is 11.9. The van der Waals surface area contributed by atoms with E-state index in [1.54, 1.807) is 31.3 Å². The van der Waals surface area contributed by atoms with Gasteiger partial charge in [0, 0.05) is 12.7 Å². The lowest BCUT2D eigenvalue weighted by Crippen LogP contribution is -2.29. The highest BCUT2D eigenvalue weighted by Gasteiger charge is 2.11. The number of likely N-dealkylation sites (N-methyl/N-ethyl adjacent to an activating group) is 1. The van der Waals surface area contributed by atoms with E-state index in [0.717, 1.165) is 0 Å². The number of benzene rings is 1. The average molecular weight is 229 g/mol. The topological polar surface area (TPSA) is 66.8 Å². The summed E-state index contributed by atoms with van der Waals surface area (Å²) in [7, 11) is -1.46. The average Bonchev–Trinajstić information content (AvgIpc) is 2.26. The molecule has 0 saturated carbocycles. The van der Waals surface area contributed by atoms with Gasteiger partial charge in [0.1, 0.15) is 6.61 Å². The van der Waals surface area contributed by atoms with Gasteiger partial charge in [0.25, 0.3) is 5.91 Å². The second-order valence-electron chi connectivity index (χ2n) is 2.84. The fraction of sp³-hybridized carbons (Fsp3) is 0.222. The molecule has 5 nitrogen and oxygen atoms in total. The Morgan fingerprint density at radius 3 is 2.60 bits per heavy atom. The minimum absolute atomic E-state index is 0.367. The molecule has 1 atom stereocenters. The Balaban J connectivity index is 2.57. The molecule has 0 fully saturated rings. The number of carbonyl (C=O) groups is 1. The first-order valence-electron chi connectivity index (χ1n) is 4.28. The third kappa shape index (κ3) is 3.83. The van der Waals surface area contributed by atoms with Gasteiger partial charge in [0.15, 0.2) is 0 Å². The number of para-hydroxylation sites is 1. The number of hydrogen-bond acceptors (Lipinski definition) is 3. The van der Waals surface area contributed by atoms with E-state index in [1.165, 1.54) is 4.90 Å². The van der Waals surface area contributed by atoms with Gasteiger partial charge < -0.3 is 14.3 Å². The molecule has 0 aliphatic rings. The summed E-state index contributed by atoms with van der Waals surface area (Å²) in [6, 6.07) is 8.97. The van der Waals surface area contributed by atoms with Crippen LogP contribution in [-0.4, -0.2) is 24.5 Å². The molecule has 0 spiro atoms. The summed E-state index contributed by atoms with van der Waals surface area (Å²) < 4.78 is 14.6. The number of hydrogen-bond donors (Lipinski definition) is 1. The SMILES string of the molecule is CN(C(=O)CO[PH](=O)O)c1ccccc1. The van der Waals surface area contributed by atoms with Crippen LogP contribution >= 0.6 is 8.25 Å². The van der Waals surface area contributed by atoms with Crippen molar-refractivity contribution >= 4 is 19.8 Å². The van der Waals surface area contributed by atoms with Crippen molar-refractivity contribution < 1.29 is 18.8 Å². The highest BCUT2D eigenvalue weighted by Crippen LogP contribution is 2.16. The lowest BCUT2D eigenvalue weighted by Gasteiger charge is -2.16. The number of amides is 1. The molecule has 0 bridgehead atoms. The Morgan fingerprint density at radius 2 is 2.07 bits per heavy atom. The second kappa shape index (κ2) is 5.66. The summed E-state index contributed by atoms with van der Waals surface area (Å²) in [5.74, 6) is -0.367. The van der Waals surface area contributed by atoms with Gasteiger partial charge in [0.2, 0.25) is 0 Å². The predicted octanol–water partition coefficient (Wildman–Crippen LogP) is 1.05. The number of anilines is 1. The van der Waals surface area contributed by atoms with Crippen LogP contribution in [0.3, 0.4) is 0 Å². The minimum atomic E-state index is -3.04. The van der Waals surface area contributed by atoms with Gasteiger partial charge in [-0.25, -0.2) is 0 Å². The Bertz CT molecular complexity index is 354. The fourth-order valence-corrected chi connectivity index (χ4v) is 1.26. The second-order valence-corrected chi connectivity index (χ2v) is 3.66. The smallest absolute Gasteiger partial charge is 0.317 e. The zero-order valence-electron chi connectivity index (χ0n) is 8.21. The van der Waals surface area contributed by atoms with Crippen LogP contribution in [0.5, 0.6) is 0 Å². The molecule has 1 N–H and O–H groups in total. The molecule has 0 saturated heterocycles. The molecule has 0 aliphatic heterocycles. The van der Waals surface area contributed by atoms with Crippen molar-refractivity contribution in [3.8, 4) is 0 Å². The first-order valence-corrected chi connectivity index (χ1v) is 5.55. The predicted molar refractivity (Wildman–Crippen MR) is 57.0 cm³/mol. The van der Waals surface area contributed by atoms with Gasteiger partial charge in [-0.1, -0.05) is 18.2 Å². The molecule has 0 aliphatic carbocycles. The van der Waals surface area contributed by atoms with Crippen LogP contribution in [-0.2, 0) is 13.9 Å². The van der Waals surface area contributed by atoms with Crippen molar-refractivity contribution in [2.24, 2.45) is 0 Å². The van der Waals surface area contributed by atoms with Gasteiger partial charge in [-0.15, -0.1) is 0 Å². The highest BCUT2D eigenvalue weighted by atomic mass is 31.1. The third-order valence-corrected chi connectivity index (χ3v) is 2.23. The third-order valence-electron chi connectivity index (χ3n) is 1.84. The van der Waals surface area contributed by atoms with Gasteiger partial charge in [-0.3, -0.25) is 9.36 Å². The van der Waals surface area contributed by atoms with E-state index < -0.39 is 8.25 Å². The van der Waals surface area contributed by atoms with E-state index in [9.17, 15) is 9.36 Å². The van der Waals surface area contributed by atoms with E-state index >= 15 is 0 Å². The summed E-state index contributed by atoms with van der Waals surface area (Å²) in [6.45, 7) is -0.389. The van der Waals surface area contributed by atoms with E-state index in [0.29, 0.717) is 5.69 Å². The molecule has 1 aromatic carbocycles. The van der Waals surface area contributed by atoms with Crippen molar-refractivity contribution in [3.63, 3.8) is 0 Å². The van der Waals surface area contributed by atoms with Crippen molar-refractivity contribution in [2.45, 2.75) is 0 Å². The number of carbonyl (C=O) groups excluding carboxylic acids is 1. The molecule has 1 rings (SSSR count). The normalized spacial score (nSPS) is 12.1. The molecule has 6 heteroatoms. The Hall–Kier alpha value is -1.16. The maximum atomic E-state index is 11.4. The largest absolute Gasteiger partial charge is 0.326 e. The highest BCUT2D eigenvalue weighted by molar-refractivity contribution is 7.32. The van der Waals surface area contributed by atoms with E-state index in [1.807, 2.05) is 6.07 Å². The maximum absolute atomic E-state index is 11.4. The van der Waals surface area contributed by atoms with Crippen LogP contribution in [0.2, 0.25) is 0 Å². The Morgan fingerprint density at radius 1 is 1.47 bits per heavy atom. The standard InChI is InChI=1S/C9H12NO4P/c1-10(8-5-3-2-4-6-8)9(11)7-14-15(12)13/h2-6,15H,7H2,1H3,(H,12,13). The maximum Gasteiger partial charge on any atom is 0.317 e.